The lowest BCUT2D eigenvalue weighted by Gasteiger charge is -2.14. The van der Waals surface area contributed by atoms with Gasteiger partial charge in [-0.1, -0.05) is 24.3 Å². The lowest BCUT2D eigenvalue weighted by atomic mass is 10.1. The van der Waals surface area contributed by atoms with Gasteiger partial charge in [0.25, 0.3) is 17.1 Å². The molecule has 0 atom stereocenters. The van der Waals surface area contributed by atoms with Gasteiger partial charge in [0.15, 0.2) is 5.76 Å². The summed E-state index contributed by atoms with van der Waals surface area (Å²) in [6, 6.07) is 16.1. The first-order chi connectivity index (χ1) is 16.6. The number of rotatable bonds is 6. The van der Waals surface area contributed by atoms with Crippen molar-refractivity contribution in [2.75, 3.05) is 13.1 Å². The van der Waals surface area contributed by atoms with Crippen molar-refractivity contribution in [3.05, 3.63) is 89.3 Å². The Bertz CT molecular complexity index is 1420. The zero-order valence-electron chi connectivity index (χ0n) is 17.8. The highest BCUT2D eigenvalue weighted by molar-refractivity contribution is 8.18. The molecular formula is C25H18N4O4S. The van der Waals surface area contributed by atoms with Gasteiger partial charge >= 0.3 is 0 Å². The number of aromatic nitrogens is 2. The molecule has 3 amide bonds. The molecule has 0 saturated carbocycles. The van der Waals surface area contributed by atoms with Crippen LogP contribution in [-0.4, -0.2) is 45.0 Å². The summed E-state index contributed by atoms with van der Waals surface area (Å²) >= 11 is 0.874. The maximum atomic E-state index is 13.0. The molecule has 0 aliphatic carbocycles. The van der Waals surface area contributed by atoms with Gasteiger partial charge in [0.05, 0.1) is 22.2 Å². The Morgan fingerprint density at radius 1 is 1.12 bits per heavy atom. The Morgan fingerprint density at radius 2 is 2.00 bits per heavy atom. The summed E-state index contributed by atoms with van der Waals surface area (Å²) in [6.45, 7) is 0.179. The van der Waals surface area contributed by atoms with Crippen LogP contribution < -0.4 is 5.32 Å². The lowest BCUT2D eigenvalue weighted by Crippen LogP contribution is -2.37. The molecule has 9 heteroatoms. The van der Waals surface area contributed by atoms with Gasteiger partial charge in [-0.2, -0.15) is 0 Å². The normalized spacial score (nSPS) is 14.8. The highest BCUT2D eigenvalue weighted by Crippen LogP contribution is 2.32. The molecule has 4 heterocycles. The second-order valence-electron chi connectivity index (χ2n) is 7.43. The summed E-state index contributed by atoms with van der Waals surface area (Å²) in [5.74, 6) is -0.162. The lowest BCUT2D eigenvalue weighted by molar-refractivity contribution is -0.122. The van der Waals surface area contributed by atoms with Crippen LogP contribution in [0.3, 0.4) is 0 Å². The third kappa shape index (κ3) is 4.33. The highest BCUT2D eigenvalue weighted by Gasteiger charge is 2.34. The fourth-order valence-corrected chi connectivity index (χ4v) is 4.46. The summed E-state index contributed by atoms with van der Waals surface area (Å²) in [7, 11) is 0. The van der Waals surface area contributed by atoms with E-state index in [1.807, 2.05) is 24.3 Å². The zero-order valence-corrected chi connectivity index (χ0v) is 18.6. The number of hydrogen-bond donors (Lipinski definition) is 1. The smallest absolute Gasteiger partial charge is 0.293 e. The van der Waals surface area contributed by atoms with Gasteiger partial charge in [0, 0.05) is 30.9 Å². The number of nitrogens with zero attached hydrogens (tertiary/aromatic N) is 3. The summed E-state index contributed by atoms with van der Waals surface area (Å²) in [6.07, 6.45) is 6.43. The van der Waals surface area contributed by atoms with Crippen molar-refractivity contribution in [1.29, 1.82) is 0 Å². The third-order valence-corrected chi connectivity index (χ3v) is 6.12. The molecule has 1 saturated heterocycles. The molecule has 0 spiro atoms. The number of amides is 3. The van der Waals surface area contributed by atoms with Gasteiger partial charge in [-0.05, 0) is 53.7 Å². The molecule has 4 aromatic rings. The van der Waals surface area contributed by atoms with Crippen molar-refractivity contribution in [2.45, 2.75) is 0 Å². The van der Waals surface area contributed by atoms with E-state index in [1.54, 1.807) is 55.1 Å². The quantitative estimate of drug-likeness (QED) is 0.418. The van der Waals surface area contributed by atoms with Crippen LogP contribution in [-0.2, 0) is 4.79 Å². The van der Waals surface area contributed by atoms with Crippen molar-refractivity contribution in [3.8, 4) is 11.5 Å². The van der Waals surface area contributed by atoms with Crippen LogP contribution >= 0.6 is 11.8 Å². The number of furan rings is 1. The molecule has 1 aliphatic rings. The van der Waals surface area contributed by atoms with E-state index in [-0.39, 0.29) is 30.1 Å². The Kier molecular flexibility index (Phi) is 5.92. The topological polar surface area (TPSA) is 105 Å². The van der Waals surface area contributed by atoms with Crippen LogP contribution in [0.15, 0.2) is 82.6 Å². The van der Waals surface area contributed by atoms with Gasteiger partial charge in [0.2, 0.25) is 0 Å². The fourth-order valence-electron chi connectivity index (χ4n) is 3.60. The predicted molar refractivity (Wildman–Crippen MR) is 129 cm³/mol. The molecular weight excluding hydrogens is 452 g/mol. The minimum absolute atomic E-state index is 0.0643. The first-order valence-electron chi connectivity index (χ1n) is 10.5. The first kappa shape index (κ1) is 21.6. The molecule has 5 rings (SSSR count). The van der Waals surface area contributed by atoms with Crippen molar-refractivity contribution < 1.29 is 18.8 Å². The summed E-state index contributed by atoms with van der Waals surface area (Å²) in [5, 5.41) is 3.14. The number of carbonyl (C=O) groups excluding carboxylic acids is 3. The molecule has 8 nitrogen and oxygen atoms in total. The average molecular weight is 471 g/mol. The Labute approximate surface area is 198 Å². The molecule has 1 N–H and O–H groups in total. The number of pyridine rings is 2. The van der Waals surface area contributed by atoms with E-state index < -0.39 is 0 Å². The second-order valence-corrected chi connectivity index (χ2v) is 8.42. The van der Waals surface area contributed by atoms with E-state index in [9.17, 15) is 14.4 Å². The van der Waals surface area contributed by atoms with Crippen molar-refractivity contribution in [2.24, 2.45) is 0 Å². The van der Waals surface area contributed by atoms with Crippen LogP contribution in [0.25, 0.3) is 28.4 Å². The summed E-state index contributed by atoms with van der Waals surface area (Å²) < 4.78 is 5.44. The predicted octanol–water partition coefficient (Wildman–Crippen LogP) is 4.36. The number of benzene rings is 1. The van der Waals surface area contributed by atoms with E-state index >= 15 is 0 Å². The van der Waals surface area contributed by atoms with Crippen molar-refractivity contribution in [1.82, 2.24) is 20.2 Å². The molecule has 1 aliphatic heterocycles. The molecule has 0 unspecified atom stereocenters. The maximum absolute atomic E-state index is 13.0. The average Bonchev–Trinajstić information content (AvgIpc) is 3.48. The van der Waals surface area contributed by atoms with E-state index in [2.05, 4.69) is 15.3 Å². The van der Waals surface area contributed by atoms with Gasteiger partial charge in [-0.25, -0.2) is 4.98 Å². The van der Waals surface area contributed by atoms with Gasteiger partial charge < -0.3 is 9.73 Å². The number of hydrogen-bond acceptors (Lipinski definition) is 7. The first-order valence-corrected chi connectivity index (χ1v) is 11.3. The van der Waals surface area contributed by atoms with Crippen molar-refractivity contribution >= 4 is 45.8 Å². The van der Waals surface area contributed by atoms with Gasteiger partial charge in [-0.3, -0.25) is 24.3 Å². The Balaban J connectivity index is 1.30. The number of nitrogens with one attached hydrogen (secondary N) is 1. The number of carbonyl (C=O) groups is 3. The summed E-state index contributed by atoms with van der Waals surface area (Å²) in [5.41, 5.74) is 2.37. The van der Waals surface area contributed by atoms with E-state index in [0.29, 0.717) is 32.8 Å². The number of para-hydroxylation sites is 1. The van der Waals surface area contributed by atoms with Crippen LogP contribution in [0.5, 0.6) is 0 Å². The van der Waals surface area contributed by atoms with Crippen LogP contribution in [0.2, 0.25) is 0 Å². The molecule has 0 bridgehead atoms. The van der Waals surface area contributed by atoms with E-state index in [1.165, 1.54) is 0 Å². The maximum Gasteiger partial charge on any atom is 0.293 e. The SMILES string of the molecule is O=C(NCCN1C(=O)S/C(=C/c2cccnc2)C1=O)c1cc(-c2ccco2)nc2ccccc12. The molecule has 34 heavy (non-hydrogen) atoms. The minimum Gasteiger partial charge on any atom is -0.463 e. The largest absolute Gasteiger partial charge is 0.463 e. The minimum atomic E-state index is -0.387. The molecule has 168 valence electrons. The molecule has 0 radical (unpaired) electrons. The standard InChI is InChI=1S/C25H18N4O4S/c30-23(18-14-20(21-8-4-12-33-21)28-19-7-2-1-6-17(18)19)27-10-11-29-24(31)22(34-25(29)32)13-16-5-3-9-26-15-16/h1-9,12-15H,10-11H2,(H,27,30)/b22-13+. The number of imide groups is 1. The van der Waals surface area contributed by atoms with Gasteiger partial charge in [0.1, 0.15) is 5.69 Å². The third-order valence-electron chi connectivity index (χ3n) is 5.21. The van der Waals surface area contributed by atoms with Gasteiger partial charge in [-0.15, -0.1) is 0 Å². The Morgan fingerprint density at radius 3 is 2.79 bits per heavy atom. The van der Waals surface area contributed by atoms with E-state index in [0.717, 1.165) is 22.2 Å². The molecule has 3 aromatic heterocycles. The summed E-state index contributed by atoms with van der Waals surface area (Å²) in [4.78, 5) is 48.1. The molecule has 1 fully saturated rings. The van der Waals surface area contributed by atoms with E-state index in [4.69, 9.17) is 4.42 Å². The van der Waals surface area contributed by atoms with Crippen LogP contribution in [0.4, 0.5) is 4.79 Å². The number of fused-ring (bicyclic) bond motifs is 1. The van der Waals surface area contributed by atoms with Crippen LogP contribution in [0.1, 0.15) is 15.9 Å². The second kappa shape index (κ2) is 9.32. The number of thioether (sulfide) groups is 1. The van der Waals surface area contributed by atoms with Crippen molar-refractivity contribution in [3.63, 3.8) is 0 Å². The zero-order chi connectivity index (χ0) is 23.5. The fraction of sp³-hybridized carbons (Fsp3) is 0.0800. The highest BCUT2D eigenvalue weighted by atomic mass is 32.2. The van der Waals surface area contributed by atoms with Crippen LogP contribution in [0, 0.1) is 0 Å². The molecule has 1 aromatic carbocycles. The monoisotopic (exact) mass is 470 g/mol. The Hall–Kier alpha value is -4.24.